The van der Waals surface area contributed by atoms with Gasteiger partial charge in [0.1, 0.15) is 0 Å². The van der Waals surface area contributed by atoms with Gasteiger partial charge in [-0.15, -0.1) is 0 Å². The Morgan fingerprint density at radius 3 is 2.91 bits per heavy atom. The molecule has 0 unspecified atom stereocenters. The number of hydrogen-bond donors (Lipinski definition) is 0. The van der Waals surface area contributed by atoms with Crippen molar-refractivity contribution in [1.29, 1.82) is 0 Å². The highest BCUT2D eigenvalue weighted by molar-refractivity contribution is 5.93. The molecule has 0 atom stereocenters. The van der Waals surface area contributed by atoms with Crippen LogP contribution in [0.4, 0.5) is 0 Å². The lowest BCUT2D eigenvalue weighted by atomic mass is 10.2. The Morgan fingerprint density at radius 1 is 1.32 bits per heavy atom. The van der Waals surface area contributed by atoms with Gasteiger partial charge in [0.2, 0.25) is 0 Å². The zero-order valence-electron chi connectivity index (χ0n) is 13.0. The number of nitrogens with zero attached hydrogens (tertiary/aromatic N) is 4. The quantitative estimate of drug-likeness (QED) is 0.863. The largest absolute Gasteiger partial charge is 0.375 e. The molecule has 0 spiro atoms. The molecule has 3 heterocycles. The summed E-state index contributed by atoms with van der Waals surface area (Å²) in [5.74, 6) is 0.0160. The molecule has 0 radical (unpaired) electrons. The zero-order valence-corrected chi connectivity index (χ0v) is 13.0. The lowest BCUT2D eigenvalue weighted by Gasteiger charge is -2.28. The Balaban J connectivity index is 1.76. The normalized spacial score (nSPS) is 14.0. The van der Waals surface area contributed by atoms with Gasteiger partial charge in [-0.3, -0.25) is 9.78 Å². The van der Waals surface area contributed by atoms with Crippen molar-refractivity contribution >= 4 is 5.91 Å². The van der Waals surface area contributed by atoms with Crippen molar-refractivity contribution < 1.29 is 9.53 Å². The van der Waals surface area contributed by atoms with Crippen molar-refractivity contribution in [2.24, 2.45) is 0 Å². The molecule has 3 rings (SSSR count). The van der Waals surface area contributed by atoms with E-state index in [1.165, 1.54) is 0 Å². The van der Waals surface area contributed by atoms with Crippen LogP contribution in [-0.2, 0) is 24.4 Å². The molecule has 116 valence electrons. The second kappa shape index (κ2) is 6.27. The maximum atomic E-state index is 12.6. The van der Waals surface area contributed by atoms with Crippen LogP contribution < -0.4 is 0 Å². The van der Waals surface area contributed by atoms with Crippen LogP contribution in [0, 0.1) is 6.92 Å². The molecular formula is C16H20N4O2. The molecule has 0 saturated heterocycles. The molecule has 0 N–H and O–H groups in total. The summed E-state index contributed by atoms with van der Waals surface area (Å²) in [7, 11) is 0. The molecule has 1 aliphatic rings. The Bertz CT molecular complexity index is 663. The molecule has 0 aliphatic carbocycles. The number of hydrogen-bond acceptors (Lipinski definition) is 4. The van der Waals surface area contributed by atoms with E-state index in [1.54, 1.807) is 6.20 Å². The fourth-order valence-corrected chi connectivity index (χ4v) is 2.58. The predicted molar refractivity (Wildman–Crippen MR) is 81.3 cm³/mol. The van der Waals surface area contributed by atoms with Crippen LogP contribution in [0.5, 0.6) is 0 Å². The van der Waals surface area contributed by atoms with Gasteiger partial charge < -0.3 is 14.2 Å². The van der Waals surface area contributed by atoms with E-state index in [0.29, 0.717) is 31.9 Å². The molecule has 6 nitrogen and oxygen atoms in total. The maximum absolute atomic E-state index is 12.6. The number of imidazole rings is 1. The SMILES string of the molecule is CCOCc1ncn2c1CN(C(=O)c1ccc(C)nc1)CC2. The first-order chi connectivity index (χ1) is 10.7. The van der Waals surface area contributed by atoms with Crippen LogP contribution in [-0.4, -0.2) is 38.5 Å². The average molecular weight is 300 g/mol. The lowest BCUT2D eigenvalue weighted by molar-refractivity contribution is 0.0706. The summed E-state index contributed by atoms with van der Waals surface area (Å²) >= 11 is 0. The van der Waals surface area contributed by atoms with Crippen LogP contribution in [0.3, 0.4) is 0 Å². The topological polar surface area (TPSA) is 60.2 Å². The molecule has 1 aliphatic heterocycles. The van der Waals surface area contributed by atoms with Crippen molar-refractivity contribution in [2.45, 2.75) is 33.5 Å². The maximum Gasteiger partial charge on any atom is 0.255 e. The van der Waals surface area contributed by atoms with E-state index >= 15 is 0 Å². The van der Waals surface area contributed by atoms with Gasteiger partial charge in [0.15, 0.2) is 0 Å². The van der Waals surface area contributed by atoms with E-state index < -0.39 is 0 Å². The first-order valence-corrected chi connectivity index (χ1v) is 7.51. The number of fused-ring (bicyclic) bond motifs is 1. The van der Waals surface area contributed by atoms with E-state index in [9.17, 15) is 4.79 Å². The number of aromatic nitrogens is 3. The highest BCUT2D eigenvalue weighted by Crippen LogP contribution is 2.19. The van der Waals surface area contributed by atoms with Gasteiger partial charge in [-0.05, 0) is 26.0 Å². The third-order valence-electron chi connectivity index (χ3n) is 3.87. The predicted octanol–water partition coefficient (Wildman–Crippen LogP) is 1.78. The minimum atomic E-state index is 0.0160. The van der Waals surface area contributed by atoms with Gasteiger partial charge >= 0.3 is 0 Å². The number of amides is 1. The van der Waals surface area contributed by atoms with Gasteiger partial charge in [0.25, 0.3) is 5.91 Å². The van der Waals surface area contributed by atoms with Gasteiger partial charge in [-0.2, -0.15) is 0 Å². The van der Waals surface area contributed by atoms with Crippen molar-refractivity contribution in [3.05, 3.63) is 47.3 Å². The lowest BCUT2D eigenvalue weighted by Crippen LogP contribution is -2.38. The summed E-state index contributed by atoms with van der Waals surface area (Å²) in [6.45, 7) is 7.03. The Labute approximate surface area is 129 Å². The standard InChI is InChI=1S/C16H20N4O2/c1-3-22-10-14-15-9-19(6-7-20(15)11-18-14)16(21)13-5-4-12(2)17-8-13/h4-5,8,11H,3,6-7,9-10H2,1-2H3. The Morgan fingerprint density at radius 2 is 2.18 bits per heavy atom. The molecule has 0 fully saturated rings. The summed E-state index contributed by atoms with van der Waals surface area (Å²) in [4.78, 5) is 23.0. The van der Waals surface area contributed by atoms with Gasteiger partial charge in [0, 0.05) is 31.6 Å². The first-order valence-electron chi connectivity index (χ1n) is 7.51. The molecule has 22 heavy (non-hydrogen) atoms. The molecule has 0 saturated carbocycles. The fourth-order valence-electron chi connectivity index (χ4n) is 2.58. The number of carbonyl (C=O) groups is 1. The molecule has 0 bridgehead atoms. The van der Waals surface area contributed by atoms with E-state index in [1.807, 2.05) is 37.2 Å². The van der Waals surface area contributed by atoms with E-state index in [0.717, 1.165) is 23.6 Å². The van der Waals surface area contributed by atoms with Gasteiger partial charge in [-0.25, -0.2) is 4.98 Å². The Kier molecular flexibility index (Phi) is 4.20. The smallest absolute Gasteiger partial charge is 0.255 e. The highest BCUT2D eigenvalue weighted by Gasteiger charge is 2.24. The summed E-state index contributed by atoms with van der Waals surface area (Å²) < 4.78 is 7.55. The number of aryl methyl sites for hydroxylation is 1. The number of pyridine rings is 1. The first kappa shape index (κ1) is 14.7. The van der Waals surface area contributed by atoms with Crippen molar-refractivity contribution in [3.63, 3.8) is 0 Å². The van der Waals surface area contributed by atoms with Crippen molar-refractivity contribution in [3.8, 4) is 0 Å². The second-order valence-corrected chi connectivity index (χ2v) is 5.38. The molecular weight excluding hydrogens is 280 g/mol. The van der Waals surface area contributed by atoms with Crippen molar-refractivity contribution in [2.75, 3.05) is 13.2 Å². The van der Waals surface area contributed by atoms with Crippen LogP contribution in [0.25, 0.3) is 0 Å². The number of ether oxygens (including phenoxy) is 1. The second-order valence-electron chi connectivity index (χ2n) is 5.38. The molecule has 6 heteroatoms. The minimum absolute atomic E-state index is 0.0160. The highest BCUT2D eigenvalue weighted by atomic mass is 16.5. The number of carbonyl (C=O) groups excluding carboxylic acids is 1. The molecule has 2 aromatic rings. The van der Waals surface area contributed by atoms with E-state index in [2.05, 4.69) is 14.5 Å². The molecule has 1 amide bonds. The molecule has 0 aromatic carbocycles. The van der Waals surface area contributed by atoms with E-state index in [-0.39, 0.29) is 5.91 Å². The van der Waals surface area contributed by atoms with Gasteiger partial charge in [-0.1, -0.05) is 0 Å². The summed E-state index contributed by atoms with van der Waals surface area (Å²) in [6, 6.07) is 3.69. The van der Waals surface area contributed by atoms with Crippen LogP contribution >= 0.6 is 0 Å². The summed E-state index contributed by atoms with van der Waals surface area (Å²) in [6.07, 6.45) is 3.48. The minimum Gasteiger partial charge on any atom is -0.375 e. The van der Waals surface area contributed by atoms with Gasteiger partial charge in [0.05, 0.1) is 36.4 Å². The zero-order chi connectivity index (χ0) is 15.5. The van der Waals surface area contributed by atoms with Crippen molar-refractivity contribution in [1.82, 2.24) is 19.4 Å². The summed E-state index contributed by atoms with van der Waals surface area (Å²) in [5.41, 5.74) is 3.52. The monoisotopic (exact) mass is 300 g/mol. The van der Waals surface area contributed by atoms with Crippen LogP contribution in [0.2, 0.25) is 0 Å². The van der Waals surface area contributed by atoms with E-state index in [4.69, 9.17) is 4.74 Å². The fraction of sp³-hybridized carbons (Fsp3) is 0.438. The van der Waals surface area contributed by atoms with Crippen LogP contribution in [0.15, 0.2) is 24.7 Å². The molecule has 2 aromatic heterocycles. The van der Waals surface area contributed by atoms with Crippen LogP contribution in [0.1, 0.15) is 34.4 Å². The third-order valence-corrected chi connectivity index (χ3v) is 3.87. The third kappa shape index (κ3) is 2.87. The average Bonchev–Trinajstić information content (AvgIpc) is 2.95. The number of rotatable bonds is 4. The Hall–Kier alpha value is -2.21. The summed E-state index contributed by atoms with van der Waals surface area (Å²) in [5, 5.41) is 0.